The fourth-order valence-corrected chi connectivity index (χ4v) is 2.55. The van der Waals surface area contributed by atoms with Crippen molar-refractivity contribution in [2.75, 3.05) is 26.3 Å². The molecule has 1 aliphatic rings. The number of carbonyl (C=O) groups excluding carboxylic acids is 1. The van der Waals surface area contributed by atoms with Crippen LogP contribution in [0, 0.1) is 0 Å². The molecule has 18 heavy (non-hydrogen) atoms. The monoisotopic (exact) mass is 258 g/mol. The van der Waals surface area contributed by atoms with Crippen LogP contribution in [0.25, 0.3) is 0 Å². The average Bonchev–Trinajstić information content (AvgIpc) is 2.84. The summed E-state index contributed by atoms with van der Waals surface area (Å²) in [5.74, 6) is 0.138. The van der Waals surface area contributed by atoms with E-state index in [1.54, 1.807) is 0 Å². The van der Waals surface area contributed by atoms with Gasteiger partial charge in [-0.15, -0.1) is 0 Å². The molecule has 1 saturated heterocycles. The van der Waals surface area contributed by atoms with Crippen molar-refractivity contribution in [3.8, 4) is 0 Å². The number of likely N-dealkylation sites (tertiary alicyclic amines) is 1. The summed E-state index contributed by atoms with van der Waals surface area (Å²) >= 11 is 0. The molecule has 1 rings (SSSR count). The lowest BCUT2D eigenvalue weighted by atomic mass is 10.1. The van der Waals surface area contributed by atoms with Gasteiger partial charge >= 0.3 is 0 Å². The first-order chi connectivity index (χ1) is 8.72. The minimum atomic E-state index is -0.165. The first-order valence-corrected chi connectivity index (χ1v) is 6.94. The van der Waals surface area contributed by atoms with E-state index in [-0.39, 0.29) is 18.6 Å². The van der Waals surface area contributed by atoms with Crippen LogP contribution in [0.2, 0.25) is 0 Å². The molecule has 5 heteroatoms. The Morgan fingerprint density at radius 1 is 1.61 bits per heavy atom. The number of amides is 1. The minimum absolute atomic E-state index is 0.138. The Hall–Kier alpha value is -0.650. The van der Waals surface area contributed by atoms with Gasteiger partial charge < -0.3 is 20.5 Å². The molecule has 1 fully saturated rings. The van der Waals surface area contributed by atoms with E-state index in [2.05, 4.69) is 0 Å². The number of aliphatic hydroxyl groups is 1. The summed E-state index contributed by atoms with van der Waals surface area (Å²) in [4.78, 5) is 14.1. The van der Waals surface area contributed by atoms with Crippen LogP contribution in [0.3, 0.4) is 0 Å². The van der Waals surface area contributed by atoms with Crippen molar-refractivity contribution in [3.63, 3.8) is 0 Å². The van der Waals surface area contributed by atoms with Crippen molar-refractivity contribution in [3.05, 3.63) is 0 Å². The van der Waals surface area contributed by atoms with Gasteiger partial charge in [-0.05, 0) is 32.6 Å². The smallest absolute Gasteiger partial charge is 0.225 e. The van der Waals surface area contributed by atoms with E-state index < -0.39 is 0 Å². The third-order valence-corrected chi connectivity index (χ3v) is 3.46. The summed E-state index contributed by atoms with van der Waals surface area (Å²) < 4.78 is 5.43. The van der Waals surface area contributed by atoms with E-state index >= 15 is 0 Å². The van der Waals surface area contributed by atoms with Gasteiger partial charge in [0.05, 0.1) is 12.5 Å². The Morgan fingerprint density at radius 2 is 2.39 bits per heavy atom. The zero-order valence-electron chi connectivity index (χ0n) is 11.3. The second-order valence-electron chi connectivity index (χ2n) is 4.77. The summed E-state index contributed by atoms with van der Waals surface area (Å²) in [5.41, 5.74) is 5.59. The summed E-state index contributed by atoms with van der Waals surface area (Å²) in [6.07, 6.45) is 3.98. The normalized spacial score (nSPS) is 21.3. The maximum absolute atomic E-state index is 12.2. The van der Waals surface area contributed by atoms with E-state index in [4.69, 9.17) is 15.6 Å². The van der Waals surface area contributed by atoms with Gasteiger partial charge in [0.15, 0.2) is 0 Å². The van der Waals surface area contributed by atoms with E-state index in [9.17, 15) is 4.79 Å². The van der Waals surface area contributed by atoms with E-state index in [0.29, 0.717) is 25.6 Å². The topological polar surface area (TPSA) is 75.8 Å². The van der Waals surface area contributed by atoms with Crippen LogP contribution in [-0.4, -0.2) is 54.4 Å². The van der Waals surface area contributed by atoms with Crippen LogP contribution in [0.15, 0.2) is 0 Å². The van der Waals surface area contributed by atoms with Gasteiger partial charge in [-0.2, -0.15) is 0 Å². The van der Waals surface area contributed by atoms with E-state index in [1.165, 1.54) is 0 Å². The Bertz CT molecular complexity index is 248. The van der Waals surface area contributed by atoms with E-state index in [0.717, 1.165) is 32.2 Å². The van der Waals surface area contributed by atoms with Crippen LogP contribution in [-0.2, 0) is 9.53 Å². The summed E-state index contributed by atoms with van der Waals surface area (Å²) in [6, 6.07) is 0.296. The zero-order valence-corrected chi connectivity index (χ0v) is 11.3. The predicted octanol–water partition coefficient (Wildman–Crippen LogP) is 0.504. The van der Waals surface area contributed by atoms with Gasteiger partial charge in [0.1, 0.15) is 0 Å². The Morgan fingerprint density at radius 3 is 3.00 bits per heavy atom. The third-order valence-electron chi connectivity index (χ3n) is 3.46. The quantitative estimate of drug-likeness (QED) is 0.665. The van der Waals surface area contributed by atoms with Crippen molar-refractivity contribution in [1.29, 1.82) is 0 Å². The van der Waals surface area contributed by atoms with Gasteiger partial charge in [0.25, 0.3) is 0 Å². The molecule has 0 aromatic carbocycles. The first kappa shape index (κ1) is 15.4. The third kappa shape index (κ3) is 4.55. The first-order valence-electron chi connectivity index (χ1n) is 6.94. The molecule has 5 nitrogen and oxygen atoms in total. The molecule has 0 aromatic heterocycles. The highest BCUT2D eigenvalue weighted by atomic mass is 16.5. The van der Waals surface area contributed by atoms with Gasteiger partial charge in [-0.3, -0.25) is 4.79 Å². The van der Waals surface area contributed by atoms with Crippen LogP contribution >= 0.6 is 0 Å². The molecule has 1 amide bonds. The molecule has 0 aromatic rings. The SMILES string of the molecule is CCOC(CN)CC(=O)N1CCCC1CCCO. The van der Waals surface area contributed by atoms with Gasteiger partial charge in [-0.1, -0.05) is 0 Å². The Balaban J connectivity index is 2.43. The fraction of sp³-hybridized carbons (Fsp3) is 0.923. The maximum atomic E-state index is 12.2. The van der Waals surface area contributed by atoms with Crippen molar-refractivity contribution in [1.82, 2.24) is 4.90 Å². The molecule has 0 saturated carbocycles. The van der Waals surface area contributed by atoms with Crippen molar-refractivity contribution in [2.24, 2.45) is 5.73 Å². The van der Waals surface area contributed by atoms with Crippen LogP contribution in [0.4, 0.5) is 0 Å². The lowest BCUT2D eigenvalue weighted by Crippen LogP contribution is -2.39. The van der Waals surface area contributed by atoms with Gasteiger partial charge in [0, 0.05) is 32.3 Å². The molecule has 0 aliphatic carbocycles. The maximum Gasteiger partial charge on any atom is 0.225 e. The summed E-state index contributed by atoms with van der Waals surface area (Å²) in [5, 5.41) is 8.86. The molecule has 0 spiro atoms. The second kappa shape index (κ2) is 8.45. The molecular weight excluding hydrogens is 232 g/mol. The predicted molar refractivity (Wildman–Crippen MR) is 70.1 cm³/mol. The summed E-state index contributed by atoms with van der Waals surface area (Å²) in [7, 11) is 0. The molecular formula is C13H26N2O3. The molecule has 2 atom stereocenters. The molecule has 1 aliphatic heterocycles. The van der Waals surface area contributed by atoms with Gasteiger partial charge in [-0.25, -0.2) is 0 Å². The minimum Gasteiger partial charge on any atom is -0.396 e. The van der Waals surface area contributed by atoms with Crippen LogP contribution in [0.5, 0.6) is 0 Å². The number of hydrogen-bond acceptors (Lipinski definition) is 4. The molecule has 1 heterocycles. The van der Waals surface area contributed by atoms with Crippen LogP contribution < -0.4 is 5.73 Å². The van der Waals surface area contributed by atoms with Crippen LogP contribution in [0.1, 0.15) is 39.0 Å². The van der Waals surface area contributed by atoms with Crippen molar-refractivity contribution >= 4 is 5.91 Å². The molecule has 0 bridgehead atoms. The molecule has 3 N–H and O–H groups in total. The molecule has 106 valence electrons. The number of aliphatic hydroxyl groups excluding tert-OH is 1. The second-order valence-corrected chi connectivity index (χ2v) is 4.77. The molecule has 0 radical (unpaired) electrons. The zero-order chi connectivity index (χ0) is 13.4. The number of nitrogens with two attached hydrogens (primary N) is 1. The standard InChI is InChI=1S/C13H26N2O3/c1-2-18-12(10-14)9-13(17)15-7-3-5-11(15)6-4-8-16/h11-12,16H,2-10,14H2,1H3. The summed E-state index contributed by atoms with van der Waals surface area (Å²) in [6.45, 7) is 3.91. The number of ether oxygens (including phenoxy) is 1. The highest BCUT2D eigenvalue weighted by Crippen LogP contribution is 2.22. The number of nitrogens with zero attached hydrogens (tertiary/aromatic N) is 1. The Labute approximate surface area is 109 Å². The Kier molecular flexibility index (Phi) is 7.23. The number of rotatable bonds is 8. The lowest BCUT2D eigenvalue weighted by molar-refractivity contribution is -0.135. The average molecular weight is 258 g/mol. The molecule has 2 unspecified atom stereocenters. The van der Waals surface area contributed by atoms with E-state index in [1.807, 2.05) is 11.8 Å². The van der Waals surface area contributed by atoms with Crippen molar-refractivity contribution in [2.45, 2.75) is 51.2 Å². The highest BCUT2D eigenvalue weighted by molar-refractivity contribution is 5.77. The fourth-order valence-electron chi connectivity index (χ4n) is 2.55. The van der Waals surface area contributed by atoms with Crippen molar-refractivity contribution < 1.29 is 14.6 Å². The lowest BCUT2D eigenvalue weighted by Gasteiger charge is -2.26. The number of hydrogen-bond donors (Lipinski definition) is 2. The highest BCUT2D eigenvalue weighted by Gasteiger charge is 2.29. The number of carbonyl (C=O) groups is 1. The largest absolute Gasteiger partial charge is 0.396 e. The van der Waals surface area contributed by atoms with Gasteiger partial charge in [0.2, 0.25) is 5.91 Å².